The fraction of sp³-hybridized carbons (Fsp3) is 0.471. The normalized spacial score (nSPS) is 18.6. The molecule has 1 aliphatic rings. The van der Waals surface area contributed by atoms with Crippen LogP contribution in [0, 0.1) is 0 Å². The summed E-state index contributed by atoms with van der Waals surface area (Å²) in [5.74, 6) is -5.97. The van der Waals surface area contributed by atoms with Crippen LogP contribution < -0.4 is 27.8 Å². The molecule has 0 aliphatic carbocycles. The smallest absolute Gasteiger partial charge is 0.461 e. The molecule has 22 nitrogen and oxygen atoms in total. The second kappa shape index (κ2) is 24.2. The molecular formula is C34H47N6O16P. The molecule has 1 aromatic heterocycles. The van der Waals surface area contributed by atoms with Crippen LogP contribution in [0.2, 0.25) is 0 Å². The summed E-state index contributed by atoms with van der Waals surface area (Å²) < 4.78 is 57.3. The summed E-state index contributed by atoms with van der Waals surface area (Å²) >= 11 is 0. The van der Waals surface area contributed by atoms with Gasteiger partial charge in [0.05, 0.1) is 38.7 Å². The number of anilines is 1. The quantitative estimate of drug-likeness (QED) is 0.0402. The van der Waals surface area contributed by atoms with Crippen molar-refractivity contribution >= 4 is 49.3 Å². The van der Waals surface area contributed by atoms with Crippen molar-refractivity contribution < 1.29 is 70.6 Å². The molecule has 2 heterocycles. The van der Waals surface area contributed by atoms with E-state index < -0.39 is 118 Å². The Labute approximate surface area is 327 Å². The van der Waals surface area contributed by atoms with Gasteiger partial charge in [-0.25, -0.2) is 14.2 Å². The summed E-state index contributed by atoms with van der Waals surface area (Å²) in [6, 6.07) is -3.81. The van der Waals surface area contributed by atoms with Crippen LogP contribution in [-0.2, 0) is 70.6 Å². The highest BCUT2D eigenvalue weighted by molar-refractivity contribution is 7.48. The average molecular weight is 827 g/mol. The SMILES string of the molecule is C=CCOC(=O)C[C@H](NC(=O)[C@H](COP(=O)(OCC=C)OC[C@H]1O[C@@H](n2ccc(N)nc2=O)C[C@@H]1OC(C)=O)NC(=O)[C@@H](N)CC(=O)OCC=C)C(=O)OCC=C. The van der Waals surface area contributed by atoms with Gasteiger partial charge in [-0.15, -0.1) is 6.58 Å². The highest BCUT2D eigenvalue weighted by Crippen LogP contribution is 2.50. The number of esters is 4. The van der Waals surface area contributed by atoms with Gasteiger partial charge >= 0.3 is 37.4 Å². The molecule has 1 unspecified atom stereocenters. The molecule has 1 saturated heterocycles. The molecule has 6 N–H and O–H groups in total. The summed E-state index contributed by atoms with van der Waals surface area (Å²) in [4.78, 5) is 92.1. The number of rotatable bonds is 26. The molecule has 0 saturated carbocycles. The van der Waals surface area contributed by atoms with E-state index in [1.165, 1.54) is 36.6 Å². The Morgan fingerprint density at radius 2 is 1.51 bits per heavy atom. The highest BCUT2D eigenvalue weighted by Gasteiger charge is 2.42. The first kappa shape index (κ1) is 47.6. The maximum absolute atomic E-state index is 13.9. The van der Waals surface area contributed by atoms with Crippen molar-refractivity contribution in [3.63, 3.8) is 0 Å². The number of nitrogen functional groups attached to an aromatic ring is 1. The minimum absolute atomic E-state index is 0.0477. The first-order valence-corrected chi connectivity index (χ1v) is 18.5. The first-order valence-electron chi connectivity index (χ1n) is 17.0. The largest absolute Gasteiger partial charge is 0.475 e. The number of aromatic nitrogens is 2. The zero-order valence-corrected chi connectivity index (χ0v) is 32.0. The van der Waals surface area contributed by atoms with Gasteiger partial charge in [0.1, 0.15) is 56.2 Å². The van der Waals surface area contributed by atoms with Gasteiger partial charge in [-0.05, 0) is 6.07 Å². The van der Waals surface area contributed by atoms with Crippen LogP contribution in [0.3, 0.4) is 0 Å². The Morgan fingerprint density at radius 1 is 0.912 bits per heavy atom. The van der Waals surface area contributed by atoms with Gasteiger partial charge in [0.2, 0.25) is 11.8 Å². The predicted octanol–water partition coefficient (Wildman–Crippen LogP) is -0.347. The Morgan fingerprint density at radius 3 is 2.11 bits per heavy atom. The number of nitrogens with two attached hydrogens (primary N) is 2. The number of nitrogens with one attached hydrogen (secondary N) is 2. The summed E-state index contributed by atoms with van der Waals surface area (Å²) in [5.41, 5.74) is 10.7. The molecule has 314 valence electrons. The van der Waals surface area contributed by atoms with Crippen molar-refractivity contribution in [2.24, 2.45) is 5.73 Å². The van der Waals surface area contributed by atoms with Gasteiger partial charge in [0.25, 0.3) is 0 Å². The van der Waals surface area contributed by atoms with Crippen LogP contribution in [0.5, 0.6) is 0 Å². The van der Waals surface area contributed by atoms with Crippen LogP contribution >= 0.6 is 7.82 Å². The Balaban J connectivity index is 2.37. The Bertz CT molecular complexity index is 1740. The number of hydrogen-bond donors (Lipinski definition) is 4. The van der Waals surface area contributed by atoms with Crippen molar-refractivity contribution in [2.75, 3.05) is 45.4 Å². The van der Waals surface area contributed by atoms with Crippen LogP contribution in [0.4, 0.5) is 5.82 Å². The maximum Gasteiger partial charge on any atom is 0.475 e. The van der Waals surface area contributed by atoms with E-state index in [0.29, 0.717) is 0 Å². The average Bonchev–Trinajstić information content (AvgIpc) is 3.55. The lowest BCUT2D eigenvalue weighted by Gasteiger charge is -2.26. The van der Waals surface area contributed by atoms with Gasteiger partial charge in [0, 0.05) is 19.5 Å². The van der Waals surface area contributed by atoms with E-state index in [1.807, 2.05) is 0 Å². The van der Waals surface area contributed by atoms with Crippen molar-refractivity contribution in [3.05, 3.63) is 73.4 Å². The van der Waals surface area contributed by atoms with E-state index in [2.05, 4.69) is 41.9 Å². The third-order valence-corrected chi connectivity index (χ3v) is 8.60. The molecule has 1 fully saturated rings. The summed E-state index contributed by atoms with van der Waals surface area (Å²) in [7, 11) is -4.78. The van der Waals surface area contributed by atoms with Crippen molar-refractivity contribution in [1.82, 2.24) is 20.2 Å². The molecule has 2 amide bonds. The lowest BCUT2D eigenvalue weighted by atomic mass is 10.1. The molecule has 1 aliphatic heterocycles. The van der Waals surface area contributed by atoms with Gasteiger partial charge < -0.3 is 45.8 Å². The van der Waals surface area contributed by atoms with E-state index in [4.69, 9.17) is 48.7 Å². The second-order valence-corrected chi connectivity index (χ2v) is 13.3. The van der Waals surface area contributed by atoms with E-state index in [0.717, 1.165) is 11.5 Å². The van der Waals surface area contributed by atoms with Gasteiger partial charge in [0.15, 0.2) is 0 Å². The van der Waals surface area contributed by atoms with E-state index in [-0.39, 0.29) is 32.1 Å². The molecule has 2 rings (SSSR count). The van der Waals surface area contributed by atoms with Crippen molar-refractivity contribution in [2.45, 2.75) is 62.7 Å². The topological polar surface area (TPSA) is 304 Å². The molecule has 57 heavy (non-hydrogen) atoms. The van der Waals surface area contributed by atoms with E-state index in [9.17, 15) is 38.1 Å². The number of amides is 2. The Hall–Kier alpha value is -5.51. The molecule has 0 radical (unpaired) electrons. The van der Waals surface area contributed by atoms with Crippen LogP contribution in [-0.4, -0.2) is 115 Å². The highest BCUT2D eigenvalue weighted by atomic mass is 31.2. The summed E-state index contributed by atoms with van der Waals surface area (Å²) in [6.07, 6.45) is 1.59. The minimum Gasteiger partial charge on any atom is -0.461 e. The maximum atomic E-state index is 13.9. The van der Waals surface area contributed by atoms with E-state index >= 15 is 0 Å². The number of phosphoric acid groups is 1. The lowest BCUT2D eigenvalue weighted by molar-refractivity contribution is -0.152. The van der Waals surface area contributed by atoms with Crippen molar-refractivity contribution in [3.8, 4) is 0 Å². The third kappa shape index (κ3) is 16.6. The fourth-order valence-corrected chi connectivity index (χ4v) is 5.79. The number of phosphoric ester groups is 1. The molecular weight excluding hydrogens is 779 g/mol. The van der Waals surface area contributed by atoms with Crippen LogP contribution in [0.15, 0.2) is 67.7 Å². The number of hydrogen-bond acceptors (Lipinski definition) is 19. The molecule has 23 heteroatoms. The van der Waals surface area contributed by atoms with Crippen molar-refractivity contribution in [1.29, 1.82) is 0 Å². The van der Waals surface area contributed by atoms with Gasteiger partial charge in [-0.3, -0.25) is 42.1 Å². The van der Waals surface area contributed by atoms with Gasteiger partial charge in [-0.2, -0.15) is 4.98 Å². The lowest BCUT2D eigenvalue weighted by Crippen LogP contribution is -2.56. The monoisotopic (exact) mass is 826 g/mol. The summed E-state index contributed by atoms with van der Waals surface area (Å²) in [5, 5.41) is 4.48. The van der Waals surface area contributed by atoms with Gasteiger partial charge in [-0.1, -0.05) is 44.0 Å². The number of ether oxygens (including phenoxy) is 5. The number of carbonyl (C=O) groups excluding carboxylic acids is 6. The minimum atomic E-state index is -4.78. The van der Waals surface area contributed by atoms with Crippen LogP contribution in [0.25, 0.3) is 0 Å². The molecule has 0 aromatic carbocycles. The Kier molecular flexibility index (Phi) is 20.2. The zero-order valence-electron chi connectivity index (χ0n) is 31.1. The molecule has 0 bridgehead atoms. The second-order valence-electron chi connectivity index (χ2n) is 11.7. The fourth-order valence-electron chi connectivity index (χ4n) is 4.62. The third-order valence-electron chi connectivity index (χ3n) is 7.20. The van der Waals surface area contributed by atoms with Crippen LogP contribution in [0.1, 0.15) is 32.4 Å². The predicted molar refractivity (Wildman–Crippen MR) is 197 cm³/mol. The molecule has 1 aromatic rings. The molecule has 0 spiro atoms. The number of carbonyl (C=O) groups is 6. The van der Waals surface area contributed by atoms with E-state index in [1.54, 1.807) is 0 Å². The zero-order chi connectivity index (χ0) is 42.5. The standard InChI is InChI=1S/C34H47N6O16P/c1-6-12-49-29(42)16-22(35)31(44)38-24(32(45)37-23(33(46)51-14-8-3)17-30(43)50-13-7-2)19-53-57(48,52-15-9-4)54-20-26-25(55-21(5)41)18-28(56-26)40-11-10-27(36)39-34(40)47/h6-11,22-26,28H,1-4,12-20,35H2,5H3,(H,37,45)(H,38,44)(H2,36,39,47)/t22-,23-,24-,25-,26+,28+,57?/m0/s1. The number of nitrogens with zero attached hydrogens (tertiary/aromatic N) is 2. The molecule has 7 atom stereocenters. The first-order chi connectivity index (χ1) is 27.1. The summed E-state index contributed by atoms with van der Waals surface area (Å²) in [6.45, 7) is 12.1.